The smallest absolute Gasteiger partial charge is 0.116 e. The molecular weight excluding hydrogens is 473 g/mol. The first-order chi connectivity index (χ1) is 17.8. The Morgan fingerprint density at radius 2 is 1.51 bits per heavy atom. The number of fused-ring (bicyclic) bond motifs is 3. The van der Waals surface area contributed by atoms with Crippen LogP contribution in [0, 0.1) is 31.6 Å². The molecule has 0 aliphatic heterocycles. The summed E-state index contributed by atoms with van der Waals surface area (Å²) in [6.07, 6.45) is 15.2. The summed E-state index contributed by atoms with van der Waals surface area (Å²) in [5.41, 5.74) is 2.15. The highest BCUT2D eigenvalue weighted by molar-refractivity contribution is 7.19. The molecule has 3 unspecified atom stereocenters. The van der Waals surface area contributed by atoms with E-state index in [1.165, 1.54) is 83.7 Å². The summed E-state index contributed by atoms with van der Waals surface area (Å²) in [6, 6.07) is 8.66. The van der Waals surface area contributed by atoms with E-state index in [0.29, 0.717) is 12.3 Å². The molecule has 0 saturated heterocycles. The average Bonchev–Trinajstić information content (AvgIpc) is 3.04. The van der Waals surface area contributed by atoms with Crippen LogP contribution in [0.4, 0.5) is 4.39 Å². The SMILES string of the molecule is C1CCC1.CC.Cc1sc2ccc3nc(C4CCCC(C5CCC(C)CC5)CC4(C)F)ccc3c2c1C. The summed E-state index contributed by atoms with van der Waals surface area (Å²) in [6.45, 7) is 12.6. The van der Waals surface area contributed by atoms with Crippen LogP contribution in [0.15, 0.2) is 24.3 Å². The van der Waals surface area contributed by atoms with E-state index in [1.54, 1.807) is 0 Å². The number of pyridine rings is 1. The first kappa shape index (κ1) is 28.5. The lowest BCUT2D eigenvalue weighted by Crippen LogP contribution is -2.32. The van der Waals surface area contributed by atoms with Crippen LogP contribution >= 0.6 is 11.3 Å². The Morgan fingerprint density at radius 1 is 0.838 bits per heavy atom. The minimum atomic E-state index is -1.18. The van der Waals surface area contributed by atoms with Gasteiger partial charge in [0.2, 0.25) is 0 Å². The first-order valence-electron chi connectivity index (χ1n) is 15.3. The minimum Gasteiger partial charge on any atom is -0.252 e. The van der Waals surface area contributed by atoms with Crippen molar-refractivity contribution in [2.45, 2.75) is 130 Å². The molecular formula is C34H50FNS. The largest absolute Gasteiger partial charge is 0.252 e. The van der Waals surface area contributed by atoms with Crippen LogP contribution in [-0.4, -0.2) is 10.7 Å². The Bertz CT molecular complexity index is 1150. The van der Waals surface area contributed by atoms with Gasteiger partial charge in [0.05, 0.1) is 5.52 Å². The van der Waals surface area contributed by atoms with E-state index in [2.05, 4.69) is 45.0 Å². The van der Waals surface area contributed by atoms with Crippen LogP contribution in [0.5, 0.6) is 0 Å². The fourth-order valence-electron chi connectivity index (χ4n) is 6.79. The van der Waals surface area contributed by atoms with Gasteiger partial charge in [-0.15, -0.1) is 11.3 Å². The Hall–Kier alpha value is -1.48. The van der Waals surface area contributed by atoms with Crippen LogP contribution in [0.1, 0.15) is 127 Å². The van der Waals surface area contributed by atoms with Crippen LogP contribution in [0.2, 0.25) is 0 Å². The zero-order valence-corrected chi connectivity index (χ0v) is 25.2. The van der Waals surface area contributed by atoms with Crippen LogP contribution in [0.25, 0.3) is 21.0 Å². The molecule has 2 aromatic heterocycles. The van der Waals surface area contributed by atoms with Crippen molar-refractivity contribution in [1.82, 2.24) is 4.98 Å². The van der Waals surface area contributed by atoms with Gasteiger partial charge in [0.25, 0.3) is 0 Å². The van der Waals surface area contributed by atoms with Gasteiger partial charge in [-0.25, -0.2) is 4.39 Å². The van der Waals surface area contributed by atoms with E-state index >= 15 is 4.39 Å². The molecule has 3 atom stereocenters. The third kappa shape index (κ3) is 6.40. The maximum absolute atomic E-state index is 16.2. The average molecular weight is 524 g/mol. The predicted octanol–water partition coefficient (Wildman–Crippen LogP) is 11.5. The second-order valence-corrected chi connectivity index (χ2v) is 13.4. The fraction of sp³-hybridized carbons (Fsp3) is 0.676. The maximum Gasteiger partial charge on any atom is 0.116 e. The molecule has 6 rings (SSSR count). The molecule has 3 aromatic rings. The molecule has 3 fully saturated rings. The topological polar surface area (TPSA) is 12.9 Å². The van der Waals surface area contributed by atoms with Gasteiger partial charge in [0, 0.05) is 32.0 Å². The van der Waals surface area contributed by atoms with Crippen molar-refractivity contribution in [2.75, 3.05) is 0 Å². The minimum absolute atomic E-state index is 0.0922. The van der Waals surface area contributed by atoms with E-state index in [4.69, 9.17) is 4.98 Å². The van der Waals surface area contributed by atoms with Crippen molar-refractivity contribution in [3.63, 3.8) is 0 Å². The zero-order valence-electron chi connectivity index (χ0n) is 24.3. The zero-order chi connectivity index (χ0) is 26.6. The van der Waals surface area contributed by atoms with Gasteiger partial charge in [0.1, 0.15) is 5.67 Å². The standard InChI is InChI=1S/C28H36FNS.C4H8.C2H6/c1-17-8-10-20(11-9-17)21-6-5-7-23(28(4,29)16-21)25-13-12-22-24(30-25)14-15-26-27(22)18(2)19(3)31-26;1-2-4-3-1;1-2/h12-15,17,20-21,23H,5-11,16H2,1-4H3;1-4H2;1-2H3. The predicted molar refractivity (Wildman–Crippen MR) is 162 cm³/mol. The molecule has 3 heteroatoms. The van der Waals surface area contributed by atoms with Crippen LogP contribution in [0.3, 0.4) is 0 Å². The molecule has 0 bridgehead atoms. The molecule has 3 aliphatic rings. The molecule has 3 aliphatic carbocycles. The Morgan fingerprint density at radius 3 is 2.16 bits per heavy atom. The molecule has 204 valence electrons. The number of hydrogen-bond acceptors (Lipinski definition) is 2. The molecule has 3 saturated carbocycles. The third-order valence-electron chi connectivity index (χ3n) is 9.56. The van der Waals surface area contributed by atoms with Crippen molar-refractivity contribution in [3.05, 3.63) is 40.4 Å². The number of nitrogens with zero attached hydrogens (tertiary/aromatic N) is 1. The van der Waals surface area contributed by atoms with Crippen LogP contribution < -0.4 is 0 Å². The fourth-order valence-corrected chi connectivity index (χ4v) is 7.88. The highest BCUT2D eigenvalue weighted by Gasteiger charge is 2.42. The van der Waals surface area contributed by atoms with Crippen molar-refractivity contribution >= 4 is 32.3 Å². The summed E-state index contributed by atoms with van der Waals surface area (Å²) in [7, 11) is 0. The monoisotopic (exact) mass is 523 g/mol. The van der Waals surface area contributed by atoms with Gasteiger partial charge in [-0.3, -0.25) is 4.98 Å². The Kier molecular flexibility index (Phi) is 9.70. The molecule has 0 radical (unpaired) electrons. The lowest BCUT2D eigenvalue weighted by atomic mass is 9.71. The summed E-state index contributed by atoms with van der Waals surface area (Å²) < 4.78 is 17.6. The number of aryl methyl sites for hydroxylation is 2. The van der Waals surface area contributed by atoms with Crippen molar-refractivity contribution in [2.24, 2.45) is 17.8 Å². The maximum atomic E-state index is 16.2. The Labute approximate surface area is 229 Å². The third-order valence-corrected chi connectivity index (χ3v) is 10.7. The molecule has 37 heavy (non-hydrogen) atoms. The second kappa shape index (κ2) is 12.6. The quantitative estimate of drug-likeness (QED) is 0.304. The number of thiophene rings is 1. The number of benzene rings is 1. The summed E-state index contributed by atoms with van der Waals surface area (Å²) in [5, 5.41) is 2.54. The van der Waals surface area contributed by atoms with E-state index < -0.39 is 5.67 Å². The Balaban J connectivity index is 0.000000479. The number of alkyl halides is 1. The molecule has 1 aromatic carbocycles. The van der Waals surface area contributed by atoms with Crippen molar-refractivity contribution in [3.8, 4) is 0 Å². The highest BCUT2D eigenvalue weighted by atomic mass is 32.1. The van der Waals surface area contributed by atoms with E-state index in [0.717, 1.165) is 35.9 Å². The van der Waals surface area contributed by atoms with E-state index in [9.17, 15) is 0 Å². The number of halogens is 1. The molecule has 0 amide bonds. The van der Waals surface area contributed by atoms with Gasteiger partial charge in [-0.1, -0.05) is 78.2 Å². The van der Waals surface area contributed by atoms with Gasteiger partial charge in [-0.2, -0.15) is 0 Å². The molecule has 2 heterocycles. The lowest BCUT2D eigenvalue weighted by Gasteiger charge is -2.36. The van der Waals surface area contributed by atoms with Gasteiger partial charge >= 0.3 is 0 Å². The van der Waals surface area contributed by atoms with Gasteiger partial charge in [0.15, 0.2) is 0 Å². The molecule has 0 N–H and O–H groups in total. The highest BCUT2D eigenvalue weighted by Crippen LogP contribution is 2.48. The van der Waals surface area contributed by atoms with Crippen LogP contribution in [-0.2, 0) is 0 Å². The molecule has 0 spiro atoms. The van der Waals surface area contributed by atoms with E-state index in [1.807, 2.05) is 32.1 Å². The van der Waals surface area contributed by atoms with Crippen molar-refractivity contribution < 1.29 is 4.39 Å². The molecule has 1 nitrogen and oxygen atoms in total. The summed E-state index contributed by atoms with van der Waals surface area (Å²) >= 11 is 1.85. The van der Waals surface area contributed by atoms with E-state index in [-0.39, 0.29) is 5.92 Å². The normalized spacial score (nSPS) is 29.9. The van der Waals surface area contributed by atoms with Gasteiger partial charge < -0.3 is 0 Å². The van der Waals surface area contributed by atoms with Crippen molar-refractivity contribution in [1.29, 1.82) is 0 Å². The first-order valence-corrected chi connectivity index (χ1v) is 16.1. The number of rotatable bonds is 2. The summed E-state index contributed by atoms with van der Waals surface area (Å²) in [4.78, 5) is 6.42. The van der Waals surface area contributed by atoms with Gasteiger partial charge in [-0.05, 0) is 88.0 Å². The lowest BCUT2D eigenvalue weighted by molar-refractivity contribution is 0.0882. The number of hydrogen-bond donors (Lipinski definition) is 0. The summed E-state index contributed by atoms with van der Waals surface area (Å²) in [5.74, 6) is 2.04. The second-order valence-electron chi connectivity index (χ2n) is 12.2. The number of aromatic nitrogens is 1.